The molecule has 0 aliphatic rings. The van der Waals surface area contributed by atoms with Gasteiger partial charge in [-0.05, 0) is 42.3 Å². The molecule has 0 bridgehead atoms. The summed E-state index contributed by atoms with van der Waals surface area (Å²) in [6.07, 6.45) is -0.173. The van der Waals surface area contributed by atoms with Gasteiger partial charge in [0, 0.05) is 12.8 Å². The molecule has 0 aromatic heterocycles. The number of carbonyl (C=O) groups is 4. The number of aromatic hydroxyl groups is 2. The molecule has 0 aliphatic carbocycles. The van der Waals surface area contributed by atoms with E-state index in [-0.39, 0.29) is 24.3 Å². The minimum atomic E-state index is -1.40. The van der Waals surface area contributed by atoms with Gasteiger partial charge in [-0.1, -0.05) is 24.3 Å². The van der Waals surface area contributed by atoms with Crippen molar-refractivity contribution in [3.63, 3.8) is 0 Å². The van der Waals surface area contributed by atoms with E-state index in [2.05, 4.69) is 16.0 Å². The minimum absolute atomic E-state index is 0.000827. The van der Waals surface area contributed by atoms with E-state index in [9.17, 15) is 39.6 Å². The standard InChI is InChI=1S/C24H30N4O8/c1-13(25)21(32)28-20(12-29)23(34)26-18(10-14-2-6-16(30)7-3-14)22(33)27-19(24(35)36)11-15-4-8-17(31)9-5-15/h2-9,13,18-20,29-31H,10-12,25H2,1H3,(H,26,34)(H,27,33)(H,28,32)(H,35,36). The zero-order valence-electron chi connectivity index (χ0n) is 19.5. The molecule has 2 aromatic rings. The first kappa shape index (κ1) is 28.1. The van der Waals surface area contributed by atoms with Gasteiger partial charge in [0.2, 0.25) is 17.7 Å². The molecular formula is C24H30N4O8. The van der Waals surface area contributed by atoms with E-state index in [0.717, 1.165) is 0 Å². The smallest absolute Gasteiger partial charge is 0.326 e. The second-order valence-electron chi connectivity index (χ2n) is 8.23. The molecular weight excluding hydrogens is 472 g/mol. The van der Waals surface area contributed by atoms with Gasteiger partial charge in [0.05, 0.1) is 12.6 Å². The van der Waals surface area contributed by atoms with Crippen molar-refractivity contribution in [1.29, 1.82) is 0 Å². The first-order valence-electron chi connectivity index (χ1n) is 11.1. The average Bonchev–Trinajstić information content (AvgIpc) is 2.83. The van der Waals surface area contributed by atoms with Gasteiger partial charge >= 0.3 is 5.97 Å². The van der Waals surface area contributed by atoms with Gasteiger partial charge in [0.1, 0.15) is 29.6 Å². The molecule has 194 valence electrons. The van der Waals surface area contributed by atoms with E-state index in [0.29, 0.717) is 11.1 Å². The third kappa shape index (κ3) is 8.56. The van der Waals surface area contributed by atoms with Gasteiger partial charge in [-0.3, -0.25) is 14.4 Å². The van der Waals surface area contributed by atoms with Crippen LogP contribution in [0.4, 0.5) is 0 Å². The first-order valence-corrected chi connectivity index (χ1v) is 11.1. The summed E-state index contributed by atoms with van der Waals surface area (Å²) < 4.78 is 0. The molecule has 2 rings (SSSR count). The van der Waals surface area contributed by atoms with Crippen LogP contribution in [-0.4, -0.2) is 74.9 Å². The maximum atomic E-state index is 13.1. The summed E-state index contributed by atoms with van der Waals surface area (Å²) in [6, 6.07) is 6.63. The van der Waals surface area contributed by atoms with Crippen LogP contribution in [0.1, 0.15) is 18.1 Å². The number of hydrogen-bond donors (Lipinski definition) is 8. The Balaban J connectivity index is 2.22. The zero-order valence-corrected chi connectivity index (χ0v) is 19.5. The predicted octanol–water partition coefficient (Wildman–Crippen LogP) is -1.24. The molecule has 0 fully saturated rings. The molecule has 0 saturated heterocycles. The number of rotatable bonds is 12. The molecule has 4 unspecified atom stereocenters. The molecule has 12 nitrogen and oxygen atoms in total. The molecule has 0 radical (unpaired) electrons. The number of carboxylic acid groups (broad SMARTS) is 1. The summed E-state index contributed by atoms with van der Waals surface area (Å²) in [6.45, 7) is 0.624. The largest absolute Gasteiger partial charge is 0.508 e. The van der Waals surface area contributed by atoms with E-state index < -0.39 is 54.5 Å². The fourth-order valence-electron chi connectivity index (χ4n) is 3.19. The van der Waals surface area contributed by atoms with Crippen LogP contribution >= 0.6 is 0 Å². The van der Waals surface area contributed by atoms with Crippen LogP contribution in [0.3, 0.4) is 0 Å². The Morgan fingerprint density at radius 1 is 0.722 bits per heavy atom. The fraction of sp³-hybridized carbons (Fsp3) is 0.333. The number of aliphatic hydroxyl groups is 1. The molecule has 0 heterocycles. The summed E-state index contributed by atoms with van der Waals surface area (Å²) in [5, 5.41) is 45.2. The Morgan fingerprint density at radius 3 is 1.53 bits per heavy atom. The highest BCUT2D eigenvalue weighted by molar-refractivity contribution is 5.94. The number of carboxylic acids is 1. The van der Waals surface area contributed by atoms with Crippen molar-refractivity contribution in [1.82, 2.24) is 16.0 Å². The molecule has 2 aromatic carbocycles. The van der Waals surface area contributed by atoms with Crippen LogP contribution in [0.25, 0.3) is 0 Å². The lowest BCUT2D eigenvalue weighted by molar-refractivity contribution is -0.142. The summed E-state index contributed by atoms with van der Waals surface area (Å²) in [5.74, 6) is -3.72. The average molecular weight is 503 g/mol. The maximum Gasteiger partial charge on any atom is 0.326 e. The minimum Gasteiger partial charge on any atom is -0.508 e. The number of phenols is 2. The predicted molar refractivity (Wildman–Crippen MR) is 128 cm³/mol. The molecule has 0 spiro atoms. The summed E-state index contributed by atoms with van der Waals surface area (Å²) in [7, 11) is 0. The summed E-state index contributed by atoms with van der Waals surface area (Å²) in [5.41, 5.74) is 6.56. The highest BCUT2D eigenvalue weighted by atomic mass is 16.4. The lowest BCUT2D eigenvalue weighted by atomic mass is 10.0. The quantitative estimate of drug-likeness (QED) is 0.174. The van der Waals surface area contributed by atoms with E-state index in [4.69, 9.17) is 5.73 Å². The summed E-state index contributed by atoms with van der Waals surface area (Å²) >= 11 is 0. The van der Waals surface area contributed by atoms with Crippen molar-refractivity contribution in [2.24, 2.45) is 5.73 Å². The van der Waals surface area contributed by atoms with Crippen LogP contribution in [0.15, 0.2) is 48.5 Å². The van der Waals surface area contributed by atoms with Crippen molar-refractivity contribution in [2.45, 2.75) is 43.9 Å². The number of nitrogens with two attached hydrogens (primary N) is 1. The number of phenolic OH excluding ortho intramolecular Hbond substituents is 2. The maximum absolute atomic E-state index is 13.1. The van der Waals surface area contributed by atoms with Crippen LogP contribution in [0.5, 0.6) is 11.5 Å². The molecule has 9 N–H and O–H groups in total. The van der Waals surface area contributed by atoms with Gasteiger partial charge in [-0.2, -0.15) is 0 Å². The van der Waals surface area contributed by atoms with Crippen LogP contribution in [0.2, 0.25) is 0 Å². The highest BCUT2D eigenvalue weighted by Gasteiger charge is 2.30. The number of benzene rings is 2. The molecule has 0 saturated carbocycles. The van der Waals surface area contributed by atoms with E-state index >= 15 is 0 Å². The van der Waals surface area contributed by atoms with E-state index in [1.807, 2.05) is 0 Å². The number of nitrogens with one attached hydrogen (secondary N) is 3. The molecule has 36 heavy (non-hydrogen) atoms. The first-order chi connectivity index (χ1) is 17.0. The monoisotopic (exact) mass is 502 g/mol. The SMILES string of the molecule is CC(N)C(=O)NC(CO)C(=O)NC(Cc1ccc(O)cc1)C(=O)NC(Cc1ccc(O)cc1)C(=O)O. The highest BCUT2D eigenvalue weighted by Crippen LogP contribution is 2.13. The van der Waals surface area contributed by atoms with Crippen molar-refractivity contribution < 1.29 is 39.6 Å². The van der Waals surface area contributed by atoms with Crippen LogP contribution in [0, 0.1) is 0 Å². The lowest BCUT2D eigenvalue weighted by Gasteiger charge is -2.24. The fourth-order valence-corrected chi connectivity index (χ4v) is 3.19. The topological polar surface area (TPSA) is 211 Å². The van der Waals surface area contributed by atoms with Gasteiger partial charge in [-0.25, -0.2) is 4.79 Å². The summed E-state index contributed by atoms with van der Waals surface area (Å²) in [4.78, 5) is 49.5. The Labute approximate surface area is 207 Å². The second-order valence-corrected chi connectivity index (χ2v) is 8.23. The third-order valence-corrected chi connectivity index (χ3v) is 5.23. The van der Waals surface area contributed by atoms with Crippen LogP contribution in [-0.2, 0) is 32.0 Å². The molecule has 3 amide bonds. The molecule has 4 atom stereocenters. The Kier molecular flexibility index (Phi) is 10.2. The van der Waals surface area contributed by atoms with Gasteiger partial charge in [0.15, 0.2) is 0 Å². The van der Waals surface area contributed by atoms with Crippen molar-refractivity contribution in [2.75, 3.05) is 6.61 Å². The third-order valence-electron chi connectivity index (χ3n) is 5.23. The van der Waals surface area contributed by atoms with Gasteiger partial charge in [0.25, 0.3) is 0 Å². The number of aliphatic hydroxyl groups excluding tert-OH is 1. The van der Waals surface area contributed by atoms with Crippen LogP contribution < -0.4 is 21.7 Å². The van der Waals surface area contributed by atoms with Gasteiger partial charge in [-0.15, -0.1) is 0 Å². The number of hydrogen-bond acceptors (Lipinski definition) is 8. The Morgan fingerprint density at radius 2 is 1.11 bits per heavy atom. The Hall–Kier alpha value is -4.16. The molecule has 12 heteroatoms. The lowest BCUT2D eigenvalue weighted by Crippen LogP contribution is -2.58. The van der Waals surface area contributed by atoms with Gasteiger partial charge < -0.3 is 42.1 Å². The second kappa shape index (κ2) is 13.1. The number of aliphatic carboxylic acids is 1. The number of amides is 3. The van der Waals surface area contributed by atoms with Crippen molar-refractivity contribution in [3.8, 4) is 11.5 Å². The zero-order chi connectivity index (χ0) is 26.8. The van der Waals surface area contributed by atoms with Crippen molar-refractivity contribution >= 4 is 23.7 Å². The Bertz CT molecular complexity index is 1060. The molecule has 0 aliphatic heterocycles. The van der Waals surface area contributed by atoms with E-state index in [1.165, 1.54) is 55.5 Å². The number of carbonyl (C=O) groups excluding carboxylic acids is 3. The van der Waals surface area contributed by atoms with Crippen molar-refractivity contribution in [3.05, 3.63) is 59.7 Å². The van der Waals surface area contributed by atoms with E-state index in [1.54, 1.807) is 0 Å². The normalized spacial score (nSPS) is 14.1.